The number of hydrogen-bond acceptors (Lipinski definition) is 3. The fraction of sp³-hybridized carbons (Fsp3) is 1.00. The molecule has 0 amide bonds. The van der Waals surface area contributed by atoms with Gasteiger partial charge in [0.1, 0.15) is 0 Å². The lowest BCUT2D eigenvalue weighted by molar-refractivity contribution is 0.0218. The Morgan fingerprint density at radius 2 is 1.78 bits per heavy atom. The van der Waals surface area contributed by atoms with Gasteiger partial charge in [0, 0.05) is 7.11 Å². The Balaban J connectivity index is 2.58. The highest BCUT2D eigenvalue weighted by Gasteiger charge is 2.34. The Bertz CT molecular complexity index is 233. The maximum absolute atomic E-state index is 6.12. The highest BCUT2D eigenvalue weighted by Crippen LogP contribution is 2.47. The van der Waals surface area contributed by atoms with Gasteiger partial charge in [-0.15, -0.1) is 0 Å². The van der Waals surface area contributed by atoms with Crippen molar-refractivity contribution in [3.63, 3.8) is 0 Å². The van der Waals surface area contributed by atoms with Gasteiger partial charge in [-0.2, -0.15) is 0 Å². The molecule has 4 atom stereocenters. The first-order valence-electron chi connectivity index (χ1n) is 7.11. The first-order valence-corrected chi connectivity index (χ1v) is 8.21. The van der Waals surface area contributed by atoms with Gasteiger partial charge in [-0.05, 0) is 44.4 Å². The van der Waals surface area contributed by atoms with E-state index in [9.17, 15) is 0 Å². The minimum Gasteiger partial charge on any atom is -0.316 e. The van der Waals surface area contributed by atoms with Crippen molar-refractivity contribution < 1.29 is 13.6 Å². The Morgan fingerprint density at radius 1 is 1.11 bits per heavy atom. The summed E-state index contributed by atoms with van der Waals surface area (Å²) in [4.78, 5) is 0. The second-order valence-corrected chi connectivity index (χ2v) is 7.26. The molecular formula is C14H29O3P. The van der Waals surface area contributed by atoms with Crippen LogP contribution in [0.15, 0.2) is 0 Å². The molecule has 0 aliphatic heterocycles. The molecule has 0 spiro atoms. The van der Waals surface area contributed by atoms with Crippen LogP contribution in [0.1, 0.15) is 53.9 Å². The summed E-state index contributed by atoms with van der Waals surface area (Å²) < 4.78 is 17.1. The average molecular weight is 276 g/mol. The van der Waals surface area contributed by atoms with Gasteiger partial charge >= 0.3 is 8.60 Å². The van der Waals surface area contributed by atoms with Gasteiger partial charge in [0.05, 0.1) is 12.2 Å². The van der Waals surface area contributed by atoms with Gasteiger partial charge in [-0.3, -0.25) is 0 Å². The molecule has 0 aromatic heterocycles. The third-order valence-corrected chi connectivity index (χ3v) is 4.96. The Kier molecular flexibility index (Phi) is 7.08. The molecule has 1 aliphatic carbocycles. The van der Waals surface area contributed by atoms with Crippen LogP contribution in [0.4, 0.5) is 0 Å². The standard InChI is InChI=1S/C14H29O3P/c1-10(2)13-8-7-12(5)9-14(13)17-18(15-6)16-11(3)4/h10-14H,7-9H2,1-6H3/t12-,13+,14-,18?/m1/s1. The van der Waals surface area contributed by atoms with E-state index < -0.39 is 8.60 Å². The molecule has 0 aromatic rings. The molecule has 0 N–H and O–H groups in total. The van der Waals surface area contributed by atoms with E-state index >= 15 is 0 Å². The predicted octanol–water partition coefficient (Wildman–Crippen LogP) is 4.76. The lowest BCUT2D eigenvalue weighted by Gasteiger charge is -2.38. The second-order valence-electron chi connectivity index (χ2n) is 6.03. The van der Waals surface area contributed by atoms with Crippen LogP contribution >= 0.6 is 8.60 Å². The molecule has 1 fully saturated rings. The molecule has 18 heavy (non-hydrogen) atoms. The molecule has 0 bridgehead atoms. The summed E-state index contributed by atoms with van der Waals surface area (Å²) in [5, 5.41) is 0. The van der Waals surface area contributed by atoms with Crippen LogP contribution in [-0.2, 0) is 13.6 Å². The van der Waals surface area contributed by atoms with Crippen LogP contribution < -0.4 is 0 Å². The van der Waals surface area contributed by atoms with E-state index in [0.717, 1.165) is 12.3 Å². The highest BCUT2D eigenvalue weighted by molar-refractivity contribution is 7.41. The molecular weight excluding hydrogens is 247 g/mol. The average Bonchev–Trinajstić information content (AvgIpc) is 2.27. The maximum Gasteiger partial charge on any atom is 0.332 e. The molecule has 1 saturated carbocycles. The van der Waals surface area contributed by atoms with E-state index in [1.807, 2.05) is 13.8 Å². The molecule has 0 heterocycles. The molecule has 1 unspecified atom stereocenters. The maximum atomic E-state index is 6.12. The normalized spacial score (nSPS) is 31.0. The van der Waals surface area contributed by atoms with Crippen LogP contribution in [0.5, 0.6) is 0 Å². The molecule has 4 heteroatoms. The largest absolute Gasteiger partial charge is 0.332 e. The third kappa shape index (κ3) is 5.13. The lowest BCUT2D eigenvalue weighted by atomic mass is 9.75. The summed E-state index contributed by atoms with van der Waals surface area (Å²) in [5.74, 6) is 2.05. The van der Waals surface area contributed by atoms with Gasteiger partial charge in [-0.1, -0.05) is 27.2 Å². The van der Waals surface area contributed by atoms with Crippen molar-refractivity contribution in [2.75, 3.05) is 7.11 Å². The summed E-state index contributed by atoms with van der Waals surface area (Å²) in [7, 11) is 0.480. The first-order chi connectivity index (χ1) is 8.43. The molecule has 0 saturated heterocycles. The van der Waals surface area contributed by atoms with E-state index in [0.29, 0.717) is 17.9 Å². The van der Waals surface area contributed by atoms with Gasteiger partial charge in [0.15, 0.2) is 0 Å². The van der Waals surface area contributed by atoms with Gasteiger partial charge in [-0.25, -0.2) is 0 Å². The van der Waals surface area contributed by atoms with Gasteiger partial charge in [0.25, 0.3) is 0 Å². The molecule has 1 rings (SSSR count). The van der Waals surface area contributed by atoms with E-state index in [-0.39, 0.29) is 6.10 Å². The minimum absolute atomic E-state index is 0.148. The summed E-state index contributed by atoms with van der Waals surface area (Å²) in [5.41, 5.74) is 0. The zero-order valence-electron chi connectivity index (χ0n) is 12.7. The first kappa shape index (κ1) is 16.4. The molecule has 0 radical (unpaired) electrons. The fourth-order valence-corrected chi connectivity index (χ4v) is 3.66. The van der Waals surface area contributed by atoms with Crippen molar-refractivity contribution in [3.05, 3.63) is 0 Å². The summed E-state index contributed by atoms with van der Waals surface area (Å²) in [6, 6.07) is 0. The monoisotopic (exact) mass is 276 g/mol. The van der Waals surface area contributed by atoms with E-state index in [2.05, 4.69) is 20.8 Å². The third-order valence-electron chi connectivity index (χ3n) is 3.63. The molecule has 108 valence electrons. The van der Waals surface area contributed by atoms with Crippen molar-refractivity contribution in [1.82, 2.24) is 0 Å². The van der Waals surface area contributed by atoms with Crippen molar-refractivity contribution in [2.45, 2.75) is 66.1 Å². The van der Waals surface area contributed by atoms with E-state index in [4.69, 9.17) is 13.6 Å². The van der Waals surface area contributed by atoms with Crippen molar-refractivity contribution in [1.29, 1.82) is 0 Å². The van der Waals surface area contributed by atoms with Gasteiger partial charge < -0.3 is 13.6 Å². The summed E-state index contributed by atoms with van der Waals surface area (Å²) in [6.07, 6.45) is 4.15. The van der Waals surface area contributed by atoms with Crippen molar-refractivity contribution >= 4 is 8.60 Å². The van der Waals surface area contributed by atoms with E-state index in [1.165, 1.54) is 12.8 Å². The lowest BCUT2D eigenvalue weighted by Crippen LogP contribution is -2.33. The second kappa shape index (κ2) is 7.79. The highest BCUT2D eigenvalue weighted by atomic mass is 31.2. The van der Waals surface area contributed by atoms with Crippen molar-refractivity contribution in [3.8, 4) is 0 Å². The van der Waals surface area contributed by atoms with Crippen molar-refractivity contribution in [2.24, 2.45) is 17.8 Å². The Morgan fingerprint density at radius 3 is 2.28 bits per heavy atom. The van der Waals surface area contributed by atoms with E-state index in [1.54, 1.807) is 7.11 Å². The quantitative estimate of drug-likeness (QED) is 0.654. The summed E-state index contributed by atoms with van der Waals surface area (Å²) in [6.45, 7) is 10.9. The Hall–Kier alpha value is 0.310. The zero-order chi connectivity index (χ0) is 13.7. The zero-order valence-corrected chi connectivity index (χ0v) is 13.6. The summed E-state index contributed by atoms with van der Waals surface area (Å²) >= 11 is 0. The minimum atomic E-state index is -1.19. The predicted molar refractivity (Wildman–Crippen MR) is 76.4 cm³/mol. The van der Waals surface area contributed by atoms with Crippen LogP contribution in [0, 0.1) is 17.8 Å². The fourth-order valence-electron chi connectivity index (χ4n) is 2.63. The SMILES string of the molecule is COP(OC(C)C)O[C@@H]1C[C@H](C)CC[C@H]1C(C)C. The number of rotatable bonds is 6. The molecule has 0 aromatic carbocycles. The molecule has 1 aliphatic rings. The van der Waals surface area contributed by atoms with Crippen LogP contribution in [0.2, 0.25) is 0 Å². The smallest absolute Gasteiger partial charge is 0.316 e. The van der Waals surface area contributed by atoms with Crippen LogP contribution in [0.25, 0.3) is 0 Å². The number of hydrogen-bond donors (Lipinski definition) is 0. The van der Waals surface area contributed by atoms with Gasteiger partial charge in [0.2, 0.25) is 0 Å². The van der Waals surface area contributed by atoms with Crippen LogP contribution in [0.3, 0.4) is 0 Å². The topological polar surface area (TPSA) is 27.7 Å². The van der Waals surface area contributed by atoms with Crippen LogP contribution in [-0.4, -0.2) is 19.3 Å². The molecule has 3 nitrogen and oxygen atoms in total. The Labute approximate surface area is 114 Å².